The van der Waals surface area contributed by atoms with Gasteiger partial charge in [-0.2, -0.15) is 0 Å². The summed E-state index contributed by atoms with van der Waals surface area (Å²) in [6.45, 7) is 4.75. The predicted octanol–water partition coefficient (Wildman–Crippen LogP) is 4.89. The van der Waals surface area contributed by atoms with Crippen molar-refractivity contribution < 1.29 is 33.8 Å². The molecule has 1 aliphatic carbocycles. The molecule has 1 aromatic carbocycles. The molecule has 1 N–H and O–H groups in total. The highest BCUT2D eigenvalue weighted by Gasteiger charge is 2.44. The van der Waals surface area contributed by atoms with Crippen molar-refractivity contribution in [3.63, 3.8) is 0 Å². The number of ketones is 2. The lowest BCUT2D eigenvalue weighted by Gasteiger charge is -2.39. The first-order valence-electron chi connectivity index (χ1n) is 11.2. The summed E-state index contributed by atoms with van der Waals surface area (Å²) in [5.74, 6) is -2.07. The molecule has 0 spiro atoms. The van der Waals surface area contributed by atoms with Gasteiger partial charge in [0.1, 0.15) is 5.82 Å². The zero-order chi connectivity index (χ0) is 25.5. The summed E-state index contributed by atoms with van der Waals surface area (Å²) in [4.78, 5) is 52.6. The minimum absolute atomic E-state index is 0.0182. The van der Waals surface area contributed by atoms with Gasteiger partial charge in [-0.3, -0.25) is 14.4 Å². The maximum absolute atomic E-state index is 13.7. The molecule has 0 bridgehead atoms. The van der Waals surface area contributed by atoms with Crippen LogP contribution in [-0.4, -0.2) is 34.3 Å². The number of carbonyl (C=O) groups is 3. The summed E-state index contributed by atoms with van der Waals surface area (Å²) in [6.07, 6.45) is 2.51. The fourth-order valence-corrected chi connectivity index (χ4v) is 4.59. The van der Waals surface area contributed by atoms with Crippen LogP contribution in [0.1, 0.15) is 71.3 Å². The molecule has 0 fully saturated rings. The minimum Gasteiger partial charge on any atom is -0.481 e. The Balaban J connectivity index is 2.48. The number of nitrogens with zero attached hydrogens (tertiary/aromatic N) is 1. The Morgan fingerprint density at radius 2 is 1.56 bits per heavy atom. The Labute approximate surface area is 197 Å². The SMILES string of the molecule is CC1=C(C)C(=O)C(C(CCCCCCO[N+](=O)[O-])(CCC(=O)O)c2ccc(F)cc2)=C(C)C1=O. The maximum Gasteiger partial charge on any atom is 0.303 e. The molecular formula is C25H30FNO7. The number of halogens is 1. The Kier molecular flexibility index (Phi) is 9.23. The molecule has 184 valence electrons. The average molecular weight is 476 g/mol. The second-order valence-electron chi connectivity index (χ2n) is 8.61. The van der Waals surface area contributed by atoms with Gasteiger partial charge in [-0.1, -0.05) is 31.4 Å². The summed E-state index contributed by atoms with van der Waals surface area (Å²) < 4.78 is 13.7. The van der Waals surface area contributed by atoms with Crippen molar-refractivity contribution >= 4 is 17.5 Å². The van der Waals surface area contributed by atoms with Crippen LogP contribution in [0.4, 0.5) is 4.39 Å². The Bertz CT molecular complexity index is 1030. The fraction of sp³-hybridized carbons (Fsp3) is 0.480. The predicted molar refractivity (Wildman–Crippen MR) is 122 cm³/mol. The van der Waals surface area contributed by atoms with Crippen LogP contribution in [0.2, 0.25) is 0 Å². The highest BCUT2D eigenvalue weighted by atomic mass is 19.1. The largest absolute Gasteiger partial charge is 0.481 e. The van der Waals surface area contributed by atoms with Gasteiger partial charge in [0.25, 0.3) is 5.09 Å². The molecule has 1 aromatic rings. The van der Waals surface area contributed by atoms with E-state index in [-0.39, 0.29) is 42.2 Å². The second-order valence-corrected chi connectivity index (χ2v) is 8.61. The molecular weight excluding hydrogens is 445 g/mol. The van der Waals surface area contributed by atoms with Crippen molar-refractivity contribution in [1.29, 1.82) is 0 Å². The summed E-state index contributed by atoms with van der Waals surface area (Å²) in [6, 6.07) is 5.61. The summed E-state index contributed by atoms with van der Waals surface area (Å²) in [5, 5.41) is 18.9. The number of unbranched alkanes of at least 4 members (excludes halogenated alkanes) is 3. The van der Waals surface area contributed by atoms with E-state index in [0.717, 1.165) is 0 Å². The van der Waals surface area contributed by atoms with Crippen LogP contribution in [0.25, 0.3) is 0 Å². The first kappa shape index (κ1) is 26.9. The zero-order valence-electron chi connectivity index (χ0n) is 19.7. The third kappa shape index (κ3) is 6.15. The van der Waals surface area contributed by atoms with Crippen molar-refractivity contribution in [1.82, 2.24) is 0 Å². The minimum atomic E-state index is -1.10. The molecule has 1 unspecified atom stereocenters. The van der Waals surface area contributed by atoms with Gasteiger partial charge in [0.15, 0.2) is 11.6 Å². The lowest BCUT2D eigenvalue weighted by Crippen LogP contribution is -2.38. The molecule has 0 heterocycles. The summed E-state index contributed by atoms with van der Waals surface area (Å²) in [5.41, 5.74) is 0.719. The van der Waals surface area contributed by atoms with E-state index in [1.165, 1.54) is 12.1 Å². The van der Waals surface area contributed by atoms with Gasteiger partial charge in [-0.05, 0) is 57.7 Å². The van der Waals surface area contributed by atoms with Crippen LogP contribution >= 0.6 is 0 Å². The summed E-state index contributed by atoms with van der Waals surface area (Å²) >= 11 is 0. The third-order valence-electron chi connectivity index (χ3n) is 6.52. The van der Waals surface area contributed by atoms with Crippen LogP contribution < -0.4 is 0 Å². The summed E-state index contributed by atoms with van der Waals surface area (Å²) in [7, 11) is 0. The lowest BCUT2D eigenvalue weighted by atomic mass is 9.62. The van der Waals surface area contributed by atoms with Crippen LogP contribution in [0.15, 0.2) is 46.6 Å². The van der Waals surface area contributed by atoms with Gasteiger partial charge >= 0.3 is 5.97 Å². The van der Waals surface area contributed by atoms with Crippen LogP contribution in [0.3, 0.4) is 0 Å². The van der Waals surface area contributed by atoms with E-state index in [1.807, 2.05) is 0 Å². The van der Waals surface area contributed by atoms with Crippen LogP contribution in [-0.2, 0) is 24.6 Å². The van der Waals surface area contributed by atoms with Crippen molar-refractivity contribution in [2.45, 2.75) is 71.1 Å². The van der Waals surface area contributed by atoms with E-state index in [2.05, 4.69) is 4.84 Å². The lowest BCUT2D eigenvalue weighted by molar-refractivity contribution is -0.757. The third-order valence-corrected chi connectivity index (χ3v) is 6.52. The van der Waals surface area contributed by atoms with Crippen molar-refractivity contribution in [2.24, 2.45) is 0 Å². The van der Waals surface area contributed by atoms with Crippen molar-refractivity contribution in [3.8, 4) is 0 Å². The van der Waals surface area contributed by atoms with Gasteiger partial charge in [0, 0.05) is 34.1 Å². The highest BCUT2D eigenvalue weighted by molar-refractivity contribution is 6.25. The molecule has 0 aliphatic heterocycles. The number of hydrogen-bond donors (Lipinski definition) is 1. The van der Waals surface area contributed by atoms with Gasteiger partial charge in [0.2, 0.25) is 0 Å². The van der Waals surface area contributed by atoms with E-state index in [4.69, 9.17) is 0 Å². The molecule has 34 heavy (non-hydrogen) atoms. The number of rotatable bonds is 13. The van der Waals surface area contributed by atoms with Crippen molar-refractivity contribution in [3.05, 3.63) is 68.1 Å². The number of allylic oxidation sites excluding steroid dienone is 4. The number of benzene rings is 1. The number of hydrogen-bond acceptors (Lipinski definition) is 6. The smallest absolute Gasteiger partial charge is 0.303 e. The maximum atomic E-state index is 13.7. The van der Waals surface area contributed by atoms with E-state index in [0.29, 0.717) is 48.8 Å². The number of Topliss-reactive ketones (excluding diaryl/α,β-unsaturated/α-hetero) is 2. The molecule has 8 nitrogen and oxygen atoms in total. The van der Waals surface area contributed by atoms with Gasteiger partial charge in [-0.25, -0.2) is 4.39 Å². The monoisotopic (exact) mass is 475 g/mol. The number of carbonyl (C=O) groups excluding carboxylic acids is 2. The van der Waals surface area contributed by atoms with E-state index in [9.17, 15) is 34.0 Å². The molecule has 1 aliphatic rings. The number of carboxylic acid groups (broad SMARTS) is 1. The first-order chi connectivity index (χ1) is 16.0. The molecule has 2 rings (SSSR count). The number of aliphatic carboxylic acids is 1. The Morgan fingerprint density at radius 3 is 2.15 bits per heavy atom. The van der Waals surface area contributed by atoms with Gasteiger partial charge in [0.05, 0.1) is 6.61 Å². The molecule has 9 heteroatoms. The van der Waals surface area contributed by atoms with E-state index >= 15 is 0 Å². The molecule has 0 saturated heterocycles. The number of carboxylic acids is 1. The normalized spacial score (nSPS) is 16.0. The Hall–Kier alpha value is -3.36. The van der Waals surface area contributed by atoms with E-state index < -0.39 is 22.3 Å². The average Bonchev–Trinajstić information content (AvgIpc) is 2.79. The molecule has 0 aromatic heterocycles. The first-order valence-corrected chi connectivity index (χ1v) is 11.2. The second kappa shape index (κ2) is 11.7. The highest BCUT2D eigenvalue weighted by Crippen LogP contribution is 2.46. The molecule has 0 amide bonds. The zero-order valence-corrected chi connectivity index (χ0v) is 19.7. The topological polar surface area (TPSA) is 124 Å². The van der Waals surface area contributed by atoms with Crippen LogP contribution in [0.5, 0.6) is 0 Å². The molecule has 0 saturated carbocycles. The van der Waals surface area contributed by atoms with Crippen molar-refractivity contribution in [2.75, 3.05) is 6.61 Å². The Morgan fingerprint density at radius 1 is 0.971 bits per heavy atom. The standard InChI is InChI=1S/C25H30FNO7/c1-16-17(2)24(31)22(18(3)23(16)30)25(14-12-21(28)29,19-8-10-20(26)11-9-19)13-6-4-5-7-15-34-27(32)33/h8-11H,4-7,12-15H2,1-3H3,(H,28,29). The quantitative estimate of drug-likeness (QED) is 0.186. The molecule has 1 atom stereocenters. The van der Waals surface area contributed by atoms with Crippen LogP contribution in [0, 0.1) is 15.9 Å². The van der Waals surface area contributed by atoms with Gasteiger partial charge in [-0.15, -0.1) is 10.1 Å². The fourth-order valence-electron chi connectivity index (χ4n) is 4.59. The molecule has 0 radical (unpaired) electrons. The van der Waals surface area contributed by atoms with E-state index in [1.54, 1.807) is 32.9 Å². The van der Waals surface area contributed by atoms with Gasteiger partial charge < -0.3 is 9.94 Å².